The van der Waals surface area contributed by atoms with Crippen molar-refractivity contribution >= 4 is 28.5 Å². The van der Waals surface area contributed by atoms with Gasteiger partial charge in [-0.2, -0.15) is 10.2 Å². The highest BCUT2D eigenvalue weighted by Gasteiger charge is 2.30. The number of ether oxygens (including phenoxy) is 2. The maximum absolute atomic E-state index is 9.52. The van der Waals surface area contributed by atoms with E-state index in [2.05, 4.69) is 48.6 Å². The molecule has 0 unspecified atom stereocenters. The van der Waals surface area contributed by atoms with E-state index in [1.165, 1.54) is 0 Å². The van der Waals surface area contributed by atoms with Gasteiger partial charge in [-0.05, 0) is 32.4 Å². The van der Waals surface area contributed by atoms with E-state index >= 15 is 0 Å². The first-order chi connectivity index (χ1) is 19.5. The molecule has 3 aliphatic heterocycles. The number of aryl methyl sites for hydroxylation is 1. The van der Waals surface area contributed by atoms with Crippen molar-refractivity contribution in [1.82, 2.24) is 24.8 Å². The lowest BCUT2D eigenvalue weighted by Gasteiger charge is -2.42. The van der Waals surface area contributed by atoms with Crippen molar-refractivity contribution in [2.75, 3.05) is 80.7 Å². The summed E-state index contributed by atoms with van der Waals surface area (Å²) in [6, 6.07) is 8.16. The topological polar surface area (TPSA) is 107 Å². The molecule has 6 rings (SSSR count). The minimum atomic E-state index is 0.0726. The van der Waals surface area contributed by atoms with Crippen LogP contribution in [0.25, 0.3) is 11.0 Å². The molecular formula is C29H37N9O2. The number of hydrogen-bond donors (Lipinski definition) is 0. The molecule has 0 amide bonds. The van der Waals surface area contributed by atoms with Gasteiger partial charge in [-0.15, -0.1) is 0 Å². The van der Waals surface area contributed by atoms with Crippen molar-refractivity contribution < 1.29 is 9.47 Å². The van der Waals surface area contributed by atoms with Crippen molar-refractivity contribution in [3.63, 3.8) is 0 Å². The van der Waals surface area contributed by atoms with E-state index in [1.807, 2.05) is 19.1 Å². The lowest BCUT2D eigenvalue weighted by atomic mass is 10.1. The third-order valence-corrected chi connectivity index (χ3v) is 8.14. The van der Waals surface area contributed by atoms with Crippen LogP contribution in [0, 0.1) is 18.3 Å². The van der Waals surface area contributed by atoms with Gasteiger partial charge in [0.1, 0.15) is 22.9 Å². The molecule has 0 aliphatic carbocycles. The van der Waals surface area contributed by atoms with Gasteiger partial charge in [-0.25, -0.2) is 4.98 Å². The standard InChI is InChI=1S/C29H37N9O2/c1-20-14-26(37-9-6-23(18-37)39-3)34-29(33-20)36-12-10-35(11-13-36)17-24-19-38(16-21(2)40-24)25-5-4-22(15-30)27-28(25)32-8-7-31-27/h4-5,7-8,14,21,23-24H,6,9-13,16-19H2,1-3H3/t21-,23+,24+/m1/s1. The molecule has 40 heavy (non-hydrogen) atoms. The normalized spacial score (nSPS) is 24.1. The molecule has 5 heterocycles. The van der Waals surface area contributed by atoms with Gasteiger partial charge >= 0.3 is 0 Å². The molecule has 0 spiro atoms. The molecule has 11 heteroatoms. The second-order valence-corrected chi connectivity index (χ2v) is 11.0. The van der Waals surface area contributed by atoms with Crippen LogP contribution in [0.3, 0.4) is 0 Å². The van der Waals surface area contributed by atoms with Crippen molar-refractivity contribution in [1.29, 1.82) is 5.26 Å². The second-order valence-electron chi connectivity index (χ2n) is 11.0. The Morgan fingerprint density at radius 2 is 1.77 bits per heavy atom. The third kappa shape index (κ3) is 5.52. The number of rotatable bonds is 6. The smallest absolute Gasteiger partial charge is 0.227 e. The van der Waals surface area contributed by atoms with E-state index in [-0.39, 0.29) is 18.3 Å². The molecule has 3 fully saturated rings. The van der Waals surface area contributed by atoms with Crippen LogP contribution in [0.2, 0.25) is 0 Å². The zero-order chi connectivity index (χ0) is 27.6. The zero-order valence-corrected chi connectivity index (χ0v) is 23.5. The number of aromatic nitrogens is 4. The Morgan fingerprint density at radius 3 is 2.52 bits per heavy atom. The first-order valence-electron chi connectivity index (χ1n) is 14.2. The molecule has 0 saturated carbocycles. The molecule has 11 nitrogen and oxygen atoms in total. The van der Waals surface area contributed by atoms with Crippen LogP contribution in [-0.4, -0.2) is 109 Å². The van der Waals surface area contributed by atoms with Crippen LogP contribution in [0.4, 0.5) is 17.5 Å². The summed E-state index contributed by atoms with van der Waals surface area (Å²) in [5.41, 5.74) is 3.97. The second kappa shape index (κ2) is 11.5. The van der Waals surface area contributed by atoms with E-state index < -0.39 is 0 Å². The van der Waals surface area contributed by atoms with Crippen LogP contribution < -0.4 is 14.7 Å². The quantitative estimate of drug-likeness (QED) is 0.457. The van der Waals surface area contributed by atoms with E-state index in [0.717, 1.165) is 94.0 Å². The summed E-state index contributed by atoms with van der Waals surface area (Å²) >= 11 is 0. The number of fused-ring (bicyclic) bond motifs is 1. The van der Waals surface area contributed by atoms with Crippen molar-refractivity contribution in [3.8, 4) is 6.07 Å². The number of nitriles is 1. The molecule has 1 aromatic carbocycles. The summed E-state index contributed by atoms with van der Waals surface area (Å²) in [6.45, 7) is 12.0. The van der Waals surface area contributed by atoms with Gasteiger partial charge in [0, 0.05) is 90.2 Å². The first kappa shape index (κ1) is 26.6. The molecule has 0 radical (unpaired) electrons. The number of hydrogen-bond acceptors (Lipinski definition) is 11. The largest absolute Gasteiger partial charge is 0.380 e. The number of benzene rings is 1. The highest BCUT2D eigenvalue weighted by atomic mass is 16.5. The Kier molecular flexibility index (Phi) is 7.65. The van der Waals surface area contributed by atoms with Gasteiger partial charge in [0.25, 0.3) is 0 Å². The lowest BCUT2D eigenvalue weighted by Crippen LogP contribution is -2.54. The van der Waals surface area contributed by atoms with Crippen molar-refractivity contribution in [3.05, 3.63) is 41.9 Å². The molecule has 3 saturated heterocycles. The Balaban J connectivity index is 1.09. The number of piperazine rings is 1. The maximum atomic E-state index is 9.52. The monoisotopic (exact) mass is 543 g/mol. The summed E-state index contributed by atoms with van der Waals surface area (Å²) in [5.74, 6) is 1.81. The fraction of sp³-hybridized carbons (Fsp3) is 0.552. The van der Waals surface area contributed by atoms with Crippen LogP contribution in [0.15, 0.2) is 30.6 Å². The van der Waals surface area contributed by atoms with Crippen LogP contribution in [0.1, 0.15) is 24.6 Å². The molecule has 2 aromatic heterocycles. The predicted molar refractivity (Wildman–Crippen MR) is 154 cm³/mol. The summed E-state index contributed by atoms with van der Waals surface area (Å²) < 4.78 is 11.9. The van der Waals surface area contributed by atoms with E-state index in [9.17, 15) is 5.26 Å². The zero-order valence-electron chi connectivity index (χ0n) is 23.5. The van der Waals surface area contributed by atoms with Crippen LogP contribution >= 0.6 is 0 Å². The summed E-state index contributed by atoms with van der Waals surface area (Å²) in [7, 11) is 1.78. The number of methoxy groups -OCH3 is 1. The number of nitrogens with zero attached hydrogens (tertiary/aromatic N) is 9. The lowest BCUT2D eigenvalue weighted by molar-refractivity contribution is -0.0327. The Bertz CT molecular complexity index is 1390. The van der Waals surface area contributed by atoms with Crippen molar-refractivity contribution in [2.24, 2.45) is 0 Å². The van der Waals surface area contributed by atoms with E-state index in [0.29, 0.717) is 11.1 Å². The first-order valence-corrected chi connectivity index (χ1v) is 14.2. The molecule has 0 N–H and O–H groups in total. The fourth-order valence-electron chi connectivity index (χ4n) is 6.12. The average molecular weight is 544 g/mol. The minimum Gasteiger partial charge on any atom is -0.380 e. The Labute approximate surface area is 235 Å². The van der Waals surface area contributed by atoms with Gasteiger partial charge in [0.15, 0.2) is 0 Å². The highest BCUT2D eigenvalue weighted by molar-refractivity contribution is 5.92. The molecule has 3 atom stereocenters. The Morgan fingerprint density at radius 1 is 0.975 bits per heavy atom. The van der Waals surface area contributed by atoms with Gasteiger partial charge < -0.3 is 24.2 Å². The van der Waals surface area contributed by atoms with Crippen molar-refractivity contribution in [2.45, 2.75) is 38.6 Å². The highest BCUT2D eigenvalue weighted by Crippen LogP contribution is 2.29. The molecule has 0 bridgehead atoms. The van der Waals surface area contributed by atoms with E-state index in [4.69, 9.17) is 19.4 Å². The van der Waals surface area contributed by atoms with E-state index in [1.54, 1.807) is 19.5 Å². The minimum absolute atomic E-state index is 0.0726. The number of morpholine rings is 1. The maximum Gasteiger partial charge on any atom is 0.227 e. The molecule has 210 valence electrons. The summed E-state index contributed by atoms with van der Waals surface area (Å²) in [6.07, 6.45) is 4.79. The molecule has 3 aromatic rings. The predicted octanol–water partition coefficient (Wildman–Crippen LogP) is 2.24. The molecular weight excluding hydrogens is 506 g/mol. The molecule has 3 aliphatic rings. The number of anilines is 3. The Hall–Kier alpha value is -3.59. The van der Waals surface area contributed by atoms with Gasteiger partial charge in [-0.1, -0.05) is 0 Å². The van der Waals surface area contributed by atoms with Crippen LogP contribution in [-0.2, 0) is 9.47 Å². The average Bonchev–Trinajstić information content (AvgIpc) is 3.46. The van der Waals surface area contributed by atoms with Gasteiger partial charge in [0.2, 0.25) is 5.95 Å². The van der Waals surface area contributed by atoms with Crippen LogP contribution in [0.5, 0.6) is 0 Å². The summed E-state index contributed by atoms with van der Waals surface area (Å²) in [4.78, 5) is 28.2. The third-order valence-electron chi connectivity index (χ3n) is 8.14. The van der Waals surface area contributed by atoms with Gasteiger partial charge in [-0.3, -0.25) is 14.9 Å². The fourth-order valence-corrected chi connectivity index (χ4v) is 6.12. The SMILES string of the molecule is CO[C@H]1CCN(c2cc(C)nc(N3CCN(C[C@H]4CN(c5ccc(C#N)c6nccnc56)C[C@@H](C)O4)CC3)n2)C1. The summed E-state index contributed by atoms with van der Waals surface area (Å²) in [5, 5.41) is 9.52. The van der Waals surface area contributed by atoms with Gasteiger partial charge in [0.05, 0.1) is 29.6 Å².